The number of hydrogen-bond donors (Lipinski definition) is 1. The van der Waals surface area contributed by atoms with E-state index in [0.29, 0.717) is 27.6 Å². The maximum atomic E-state index is 13.9. The Bertz CT molecular complexity index is 1380. The maximum absolute atomic E-state index is 13.9. The quantitative estimate of drug-likeness (QED) is 0.201. The van der Waals surface area contributed by atoms with Crippen molar-refractivity contribution in [3.05, 3.63) is 92.2 Å². The normalized spacial score (nSPS) is 15.5. The number of aromatic nitrogens is 1. The first kappa shape index (κ1) is 27.2. The fraction of sp³-hybridized carbons (Fsp3) is 0.321. The monoisotopic (exact) mass is 534 g/mol. The van der Waals surface area contributed by atoms with Crippen molar-refractivity contribution in [2.75, 3.05) is 26.2 Å². The van der Waals surface area contributed by atoms with Gasteiger partial charge in [-0.25, -0.2) is 4.98 Å². The summed E-state index contributed by atoms with van der Waals surface area (Å²) in [6.07, 6.45) is 0.616. The molecule has 3 aromatic rings. The van der Waals surface area contributed by atoms with Crippen molar-refractivity contribution < 1.29 is 19.6 Å². The lowest BCUT2D eigenvalue weighted by Gasteiger charge is -2.28. The summed E-state index contributed by atoms with van der Waals surface area (Å²) in [4.78, 5) is 46.7. The van der Waals surface area contributed by atoms with Crippen LogP contribution in [0.4, 0.5) is 5.69 Å². The number of aryl methyl sites for hydroxylation is 1. The Morgan fingerprint density at radius 1 is 1.16 bits per heavy atom. The van der Waals surface area contributed by atoms with Crippen molar-refractivity contribution in [2.45, 2.75) is 33.2 Å². The van der Waals surface area contributed by atoms with Crippen LogP contribution in [0.3, 0.4) is 0 Å². The number of rotatable bonds is 11. The van der Waals surface area contributed by atoms with E-state index in [0.717, 1.165) is 25.2 Å². The van der Waals surface area contributed by atoms with E-state index in [1.165, 1.54) is 34.4 Å². The third-order valence-electron chi connectivity index (χ3n) is 6.74. The van der Waals surface area contributed by atoms with Crippen LogP contribution in [0.15, 0.2) is 65.9 Å². The highest BCUT2D eigenvalue weighted by molar-refractivity contribution is 7.17. The third-order valence-corrected chi connectivity index (χ3v) is 7.94. The average Bonchev–Trinajstić information content (AvgIpc) is 3.44. The molecule has 38 heavy (non-hydrogen) atoms. The van der Waals surface area contributed by atoms with Gasteiger partial charge < -0.3 is 14.9 Å². The third kappa shape index (κ3) is 5.36. The molecule has 2 heterocycles. The number of hydrogen-bond acceptors (Lipinski definition) is 8. The summed E-state index contributed by atoms with van der Waals surface area (Å²) in [5, 5.41) is 23.1. The molecule has 1 aliphatic heterocycles. The molecule has 0 aliphatic carbocycles. The van der Waals surface area contributed by atoms with E-state index in [2.05, 4.69) is 23.7 Å². The van der Waals surface area contributed by atoms with E-state index in [1.807, 2.05) is 30.3 Å². The summed E-state index contributed by atoms with van der Waals surface area (Å²) in [5.74, 6) is -1.78. The number of non-ortho nitro benzene ring substituents is 1. The molecule has 1 unspecified atom stereocenters. The SMILES string of the molecule is CCN(CC)CCCN1C(=O)C(O)=C(C(=O)c2sc(-c3ccccc3)nc2C)C1c1cccc([N+](=O)[O-])c1. The molecule has 2 aromatic carbocycles. The molecule has 198 valence electrons. The standard InChI is InChI=1S/C28H30N4O5S/c1-4-30(5-2)15-10-16-31-23(20-13-9-14-21(17-20)32(36)37)22(25(34)28(31)35)24(33)26-18(3)29-27(38-26)19-11-7-6-8-12-19/h6-9,11-14,17,23,34H,4-5,10,15-16H2,1-3H3. The van der Waals surface area contributed by atoms with Crippen LogP contribution in [-0.4, -0.2) is 62.7 Å². The van der Waals surface area contributed by atoms with Crippen molar-refractivity contribution in [1.29, 1.82) is 0 Å². The first-order valence-corrected chi connectivity index (χ1v) is 13.4. The maximum Gasteiger partial charge on any atom is 0.290 e. The van der Waals surface area contributed by atoms with Gasteiger partial charge in [-0.3, -0.25) is 19.7 Å². The lowest BCUT2D eigenvalue weighted by Crippen LogP contribution is -2.34. The fourth-order valence-electron chi connectivity index (χ4n) is 4.71. The summed E-state index contributed by atoms with van der Waals surface area (Å²) in [7, 11) is 0. The van der Waals surface area contributed by atoms with E-state index in [1.54, 1.807) is 13.0 Å². The second-order valence-corrected chi connectivity index (χ2v) is 10.0. The van der Waals surface area contributed by atoms with Crippen LogP contribution in [0, 0.1) is 17.0 Å². The summed E-state index contributed by atoms with van der Waals surface area (Å²) in [6.45, 7) is 8.57. The molecule has 1 atom stereocenters. The fourth-order valence-corrected chi connectivity index (χ4v) is 5.74. The van der Waals surface area contributed by atoms with Gasteiger partial charge in [-0.1, -0.05) is 56.3 Å². The van der Waals surface area contributed by atoms with Crippen LogP contribution in [-0.2, 0) is 4.79 Å². The van der Waals surface area contributed by atoms with Crippen molar-refractivity contribution in [3.8, 4) is 10.6 Å². The van der Waals surface area contributed by atoms with Crippen LogP contribution >= 0.6 is 11.3 Å². The van der Waals surface area contributed by atoms with Crippen LogP contribution in [0.2, 0.25) is 0 Å². The van der Waals surface area contributed by atoms with Crippen molar-refractivity contribution in [3.63, 3.8) is 0 Å². The number of thiazole rings is 1. The molecule has 1 amide bonds. The predicted octanol–water partition coefficient (Wildman–Crippen LogP) is 5.34. The molecule has 0 saturated carbocycles. The number of nitro benzene ring substituents is 1. The minimum Gasteiger partial charge on any atom is -0.503 e. The van der Waals surface area contributed by atoms with Gasteiger partial charge in [0, 0.05) is 24.2 Å². The van der Waals surface area contributed by atoms with E-state index >= 15 is 0 Å². The van der Waals surface area contributed by atoms with Crippen LogP contribution < -0.4 is 0 Å². The number of carbonyl (C=O) groups excluding carboxylic acids is 2. The van der Waals surface area contributed by atoms with Gasteiger partial charge in [-0.2, -0.15) is 0 Å². The van der Waals surface area contributed by atoms with Crippen molar-refractivity contribution >= 4 is 28.7 Å². The number of ketones is 1. The van der Waals surface area contributed by atoms with E-state index in [-0.39, 0.29) is 17.8 Å². The summed E-state index contributed by atoms with van der Waals surface area (Å²) in [5.41, 5.74) is 1.51. The van der Waals surface area contributed by atoms with Crippen molar-refractivity contribution in [2.24, 2.45) is 0 Å². The molecule has 0 bridgehead atoms. The van der Waals surface area contributed by atoms with Crippen molar-refractivity contribution in [1.82, 2.24) is 14.8 Å². The topological polar surface area (TPSA) is 117 Å². The first-order chi connectivity index (χ1) is 18.3. The Labute approximate surface area is 225 Å². The molecule has 0 radical (unpaired) electrons. The van der Waals surface area contributed by atoms with E-state index in [4.69, 9.17) is 0 Å². The number of aliphatic hydroxyl groups excluding tert-OH is 1. The molecule has 4 rings (SSSR count). The zero-order valence-electron chi connectivity index (χ0n) is 21.6. The van der Waals surface area contributed by atoms with Gasteiger partial charge in [0.1, 0.15) is 5.01 Å². The highest BCUT2D eigenvalue weighted by Crippen LogP contribution is 2.41. The Kier molecular flexibility index (Phi) is 8.33. The minimum atomic E-state index is -0.951. The second kappa shape index (κ2) is 11.7. The first-order valence-electron chi connectivity index (χ1n) is 12.5. The number of Topliss-reactive ketones (excluding diaryl/α,β-unsaturated/α-hetero) is 1. The number of nitro groups is 1. The Hall–Kier alpha value is -3.89. The van der Waals surface area contributed by atoms with Gasteiger partial charge in [-0.05, 0) is 38.5 Å². The molecular formula is C28H30N4O5S. The molecule has 0 spiro atoms. The largest absolute Gasteiger partial charge is 0.503 e. The number of amides is 1. The second-order valence-electron chi connectivity index (χ2n) is 9.02. The van der Waals surface area contributed by atoms with E-state index < -0.39 is 28.4 Å². The number of benzene rings is 2. The smallest absolute Gasteiger partial charge is 0.290 e. The molecule has 0 fully saturated rings. The summed E-state index contributed by atoms with van der Waals surface area (Å²) in [6, 6.07) is 14.4. The molecule has 9 nitrogen and oxygen atoms in total. The summed E-state index contributed by atoms with van der Waals surface area (Å²) < 4.78 is 0. The molecular weight excluding hydrogens is 504 g/mol. The lowest BCUT2D eigenvalue weighted by molar-refractivity contribution is -0.384. The van der Waals surface area contributed by atoms with Gasteiger partial charge >= 0.3 is 0 Å². The number of aliphatic hydroxyl groups is 1. The Morgan fingerprint density at radius 2 is 1.87 bits per heavy atom. The van der Waals surface area contributed by atoms with Gasteiger partial charge in [0.25, 0.3) is 11.6 Å². The zero-order chi connectivity index (χ0) is 27.4. The average molecular weight is 535 g/mol. The predicted molar refractivity (Wildman–Crippen MR) is 146 cm³/mol. The molecule has 1 aliphatic rings. The molecule has 10 heteroatoms. The molecule has 1 N–H and O–H groups in total. The Balaban J connectivity index is 1.74. The number of nitrogens with zero attached hydrogens (tertiary/aromatic N) is 4. The Morgan fingerprint density at radius 3 is 2.53 bits per heavy atom. The highest BCUT2D eigenvalue weighted by Gasteiger charge is 2.44. The minimum absolute atomic E-state index is 0.0790. The van der Waals surface area contributed by atoms with Crippen LogP contribution in [0.5, 0.6) is 0 Å². The van der Waals surface area contributed by atoms with Gasteiger partial charge in [0.15, 0.2) is 5.76 Å². The lowest BCUT2D eigenvalue weighted by atomic mass is 9.94. The number of carbonyl (C=O) groups is 2. The van der Waals surface area contributed by atoms with Gasteiger partial charge in [-0.15, -0.1) is 11.3 Å². The van der Waals surface area contributed by atoms with Crippen LogP contribution in [0.25, 0.3) is 10.6 Å². The highest BCUT2D eigenvalue weighted by atomic mass is 32.1. The molecule has 1 aromatic heterocycles. The molecule has 0 saturated heterocycles. The zero-order valence-corrected chi connectivity index (χ0v) is 22.4. The van der Waals surface area contributed by atoms with Crippen LogP contribution in [0.1, 0.15) is 47.2 Å². The van der Waals surface area contributed by atoms with Gasteiger partial charge in [0.05, 0.1) is 27.1 Å². The summed E-state index contributed by atoms with van der Waals surface area (Å²) >= 11 is 1.19. The van der Waals surface area contributed by atoms with Gasteiger partial charge in [0.2, 0.25) is 5.78 Å². The van der Waals surface area contributed by atoms with E-state index in [9.17, 15) is 24.8 Å².